The molecule has 1 atom stereocenters. The molecule has 1 saturated heterocycles. The number of hydrogen-bond donors (Lipinski definition) is 2. The average molecular weight is 450 g/mol. The highest BCUT2D eigenvalue weighted by Crippen LogP contribution is 2.27. The molecule has 2 aromatic rings. The van der Waals surface area contributed by atoms with Crippen LogP contribution >= 0.6 is 11.3 Å². The third-order valence-electron chi connectivity index (χ3n) is 5.83. The molecule has 32 heavy (non-hydrogen) atoms. The van der Waals surface area contributed by atoms with Crippen LogP contribution in [0, 0.1) is 6.92 Å². The van der Waals surface area contributed by atoms with Crippen molar-refractivity contribution in [2.24, 2.45) is 4.99 Å². The molecular formula is C25H31N5OS. The predicted octanol–water partition coefficient (Wildman–Crippen LogP) is 4.19. The molecule has 1 unspecified atom stereocenters. The van der Waals surface area contributed by atoms with Crippen LogP contribution in [0.15, 0.2) is 58.6 Å². The first kappa shape index (κ1) is 22.3. The van der Waals surface area contributed by atoms with Crippen molar-refractivity contribution in [1.82, 2.24) is 15.1 Å². The molecule has 1 aromatic heterocycles. The molecule has 0 bridgehead atoms. The number of benzene rings is 1. The Balaban J connectivity index is 1.46. The molecule has 2 aliphatic rings. The minimum Gasteiger partial charge on any atom is -0.364 e. The summed E-state index contributed by atoms with van der Waals surface area (Å²) in [6, 6.07) is 9.93. The van der Waals surface area contributed by atoms with Gasteiger partial charge < -0.3 is 20.4 Å². The van der Waals surface area contributed by atoms with Gasteiger partial charge in [0, 0.05) is 54.1 Å². The highest BCUT2D eigenvalue weighted by molar-refractivity contribution is 7.11. The number of nitrogens with zero attached hydrogens (tertiary/aromatic N) is 3. The van der Waals surface area contributed by atoms with Gasteiger partial charge in [-0.15, -0.1) is 11.3 Å². The first-order chi connectivity index (χ1) is 15.4. The van der Waals surface area contributed by atoms with Crippen molar-refractivity contribution in [2.75, 3.05) is 38.5 Å². The molecule has 0 aliphatic carbocycles. The van der Waals surface area contributed by atoms with E-state index in [-0.39, 0.29) is 12.1 Å². The van der Waals surface area contributed by atoms with Crippen LogP contribution in [0.5, 0.6) is 0 Å². The smallest absolute Gasteiger partial charge is 0.254 e. The molecule has 2 N–H and O–H groups in total. The summed E-state index contributed by atoms with van der Waals surface area (Å²) in [6.07, 6.45) is 3.85. The number of likely N-dealkylation sites (N-methyl/N-ethyl adjacent to an activating group) is 1. The van der Waals surface area contributed by atoms with Crippen molar-refractivity contribution >= 4 is 34.3 Å². The lowest BCUT2D eigenvalue weighted by molar-refractivity contribution is 0.0664. The second kappa shape index (κ2) is 9.71. The Kier molecular flexibility index (Phi) is 6.77. The molecule has 0 saturated carbocycles. The summed E-state index contributed by atoms with van der Waals surface area (Å²) < 4.78 is 0. The van der Waals surface area contributed by atoms with Crippen molar-refractivity contribution in [3.05, 3.63) is 69.6 Å². The first-order valence-corrected chi connectivity index (χ1v) is 11.9. The molecule has 0 spiro atoms. The standard InChI is InChI=1S/C25H31N5OS/c1-17-14-23(32-16-17)18(2)22-8-9-26-24(22)28-19(3)27-21-7-5-6-20(15-21)25(31)30-12-10-29(4)11-13-30/h5-9,14-16,19,27H,10-13H2,1-4H3,(H,26,28)/b22-18+. The van der Waals surface area contributed by atoms with Gasteiger partial charge in [0.2, 0.25) is 0 Å². The Hall–Kier alpha value is -2.90. The third kappa shape index (κ3) is 5.11. The molecule has 6 nitrogen and oxygen atoms in total. The number of amides is 1. The summed E-state index contributed by atoms with van der Waals surface area (Å²) in [4.78, 5) is 23.2. The van der Waals surface area contributed by atoms with Gasteiger partial charge in [0.25, 0.3) is 5.91 Å². The van der Waals surface area contributed by atoms with E-state index in [2.05, 4.69) is 54.0 Å². The Morgan fingerprint density at radius 3 is 2.72 bits per heavy atom. The maximum absolute atomic E-state index is 12.9. The lowest BCUT2D eigenvalue weighted by atomic mass is 10.1. The van der Waals surface area contributed by atoms with E-state index in [0.29, 0.717) is 5.56 Å². The van der Waals surface area contributed by atoms with Crippen LogP contribution in [0.4, 0.5) is 5.69 Å². The number of rotatable bonds is 5. The van der Waals surface area contributed by atoms with Crippen molar-refractivity contribution < 1.29 is 4.79 Å². The molecule has 1 fully saturated rings. The second-order valence-electron chi connectivity index (χ2n) is 8.48. The van der Waals surface area contributed by atoms with E-state index in [4.69, 9.17) is 4.99 Å². The van der Waals surface area contributed by atoms with Crippen LogP contribution in [-0.2, 0) is 0 Å². The number of aliphatic imine (C=N–C) groups is 1. The number of nitrogens with one attached hydrogen (secondary N) is 2. The topological polar surface area (TPSA) is 60.0 Å². The third-order valence-corrected chi connectivity index (χ3v) is 7.00. The Labute approximate surface area is 194 Å². The van der Waals surface area contributed by atoms with E-state index < -0.39 is 0 Å². The van der Waals surface area contributed by atoms with Gasteiger partial charge in [-0.2, -0.15) is 0 Å². The van der Waals surface area contributed by atoms with E-state index in [1.807, 2.05) is 42.3 Å². The number of piperazine rings is 1. The SMILES string of the molecule is C/C(=C1/C=CN/C1=N/C(C)Nc1cccc(C(=O)N2CCN(C)CC2)c1)c1cc(C)cs1. The van der Waals surface area contributed by atoms with Crippen LogP contribution < -0.4 is 10.6 Å². The zero-order valence-corrected chi connectivity index (χ0v) is 20.0. The lowest BCUT2D eigenvalue weighted by Crippen LogP contribution is -2.47. The van der Waals surface area contributed by atoms with Gasteiger partial charge in [-0.05, 0) is 74.7 Å². The number of carbonyl (C=O) groups is 1. The quantitative estimate of drug-likeness (QED) is 0.719. The van der Waals surface area contributed by atoms with Crippen molar-refractivity contribution in [2.45, 2.75) is 26.9 Å². The number of anilines is 1. The number of aryl methyl sites for hydroxylation is 1. The monoisotopic (exact) mass is 449 g/mol. The summed E-state index contributed by atoms with van der Waals surface area (Å²) in [5.41, 5.74) is 5.21. The van der Waals surface area contributed by atoms with E-state index in [9.17, 15) is 4.79 Å². The largest absolute Gasteiger partial charge is 0.364 e. The van der Waals surface area contributed by atoms with Crippen molar-refractivity contribution in [3.8, 4) is 0 Å². The Morgan fingerprint density at radius 2 is 2.00 bits per heavy atom. The van der Waals surface area contributed by atoms with E-state index >= 15 is 0 Å². The minimum atomic E-state index is -0.153. The van der Waals surface area contributed by atoms with E-state index in [0.717, 1.165) is 43.3 Å². The van der Waals surface area contributed by atoms with Gasteiger partial charge in [-0.3, -0.25) is 4.79 Å². The summed E-state index contributed by atoms with van der Waals surface area (Å²) in [6.45, 7) is 9.65. The number of thiophene rings is 1. The molecule has 1 aromatic carbocycles. The zero-order valence-electron chi connectivity index (χ0n) is 19.2. The maximum Gasteiger partial charge on any atom is 0.254 e. The van der Waals surface area contributed by atoms with Crippen LogP contribution in [0.3, 0.4) is 0 Å². The summed E-state index contributed by atoms with van der Waals surface area (Å²) in [7, 11) is 2.09. The number of allylic oxidation sites excluding steroid dienone is 1. The molecule has 0 radical (unpaired) electrons. The van der Waals surface area contributed by atoms with Crippen LogP contribution in [-0.4, -0.2) is 60.9 Å². The van der Waals surface area contributed by atoms with E-state index in [1.165, 1.54) is 16.0 Å². The number of hydrogen-bond acceptors (Lipinski definition) is 5. The average Bonchev–Trinajstić information content (AvgIpc) is 3.42. The minimum absolute atomic E-state index is 0.0921. The normalized spacial score (nSPS) is 20.4. The molecule has 4 rings (SSSR count). The van der Waals surface area contributed by atoms with Crippen molar-refractivity contribution in [3.63, 3.8) is 0 Å². The van der Waals surface area contributed by atoms with Gasteiger partial charge >= 0.3 is 0 Å². The van der Waals surface area contributed by atoms with Crippen molar-refractivity contribution in [1.29, 1.82) is 0 Å². The van der Waals surface area contributed by atoms with Crippen LogP contribution in [0.25, 0.3) is 5.57 Å². The van der Waals surface area contributed by atoms with Gasteiger partial charge in [0.1, 0.15) is 12.0 Å². The van der Waals surface area contributed by atoms with Gasteiger partial charge in [-0.25, -0.2) is 4.99 Å². The summed E-state index contributed by atoms with van der Waals surface area (Å²) in [5.74, 6) is 0.952. The van der Waals surface area contributed by atoms with Gasteiger partial charge in [0.05, 0.1) is 0 Å². The Morgan fingerprint density at radius 1 is 1.22 bits per heavy atom. The first-order valence-electron chi connectivity index (χ1n) is 11.0. The molecule has 3 heterocycles. The number of amidine groups is 1. The maximum atomic E-state index is 12.9. The highest BCUT2D eigenvalue weighted by atomic mass is 32.1. The highest BCUT2D eigenvalue weighted by Gasteiger charge is 2.21. The summed E-state index contributed by atoms with van der Waals surface area (Å²) >= 11 is 1.76. The fraction of sp³-hybridized carbons (Fsp3) is 0.360. The molecule has 168 valence electrons. The fourth-order valence-corrected chi connectivity index (χ4v) is 4.85. The summed E-state index contributed by atoms with van der Waals surface area (Å²) in [5, 5.41) is 8.86. The fourth-order valence-electron chi connectivity index (χ4n) is 3.93. The van der Waals surface area contributed by atoms with Gasteiger partial charge in [0.15, 0.2) is 0 Å². The predicted molar refractivity (Wildman–Crippen MR) is 134 cm³/mol. The molecule has 2 aliphatic heterocycles. The Bertz CT molecular complexity index is 1080. The molecular weight excluding hydrogens is 418 g/mol. The van der Waals surface area contributed by atoms with Gasteiger partial charge in [-0.1, -0.05) is 6.07 Å². The molecule has 1 amide bonds. The lowest BCUT2D eigenvalue weighted by Gasteiger charge is -2.32. The second-order valence-corrected chi connectivity index (χ2v) is 9.39. The number of carbonyl (C=O) groups excluding carboxylic acids is 1. The zero-order chi connectivity index (χ0) is 22.7. The van der Waals surface area contributed by atoms with E-state index in [1.54, 1.807) is 11.3 Å². The van der Waals surface area contributed by atoms with Crippen LogP contribution in [0.1, 0.15) is 34.6 Å². The molecule has 7 heteroatoms. The van der Waals surface area contributed by atoms with Crippen LogP contribution in [0.2, 0.25) is 0 Å².